The van der Waals surface area contributed by atoms with E-state index in [1.807, 2.05) is 36.4 Å². The van der Waals surface area contributed by atoms with Gasteiger partial charge in [-0.1, -0.05) is 142 Å². The van der Waals surface area contributed by atoms with E-state index in [0.29, 0.717) is 0 Å². The van der Waals surface area contributed by atoms with Gasteiger partial charge in [0.25, 0.3) is 0 Å². The number of rotatable bonds is 0. The van der Waals surface area contributed by atoms with Gasteiger partial charge >= 0.3 is 23.9 Å². The average molecular weight is 529 g/mol. The summed E-state index contributed by atoms with van der Waals surface area (Å²) in [5.41, 5.74) is 3.36. The van der Waals surface area contributed by atoms with Crippen molar-refractivity contribution in [1.29, 1.82) is 0 Å². The van der Waals surface area contributed by atoms with Crippen molar-refractivity contribution in [2.75, 3.05) is 0 Å². The summed E-state index contributed by atoms with van der Waals surface area (Å²) < 4.78 is 0. The average Bonchev–Trinajstić information content (AvgIpc) is 2.51. The predicted molar refractivity (Wildman–Crippen MR) is 132 cm³/mol. The fourth-order valence-electron chi connectivity index (χ4n) is 3.44. The number of benzene rings is 2. The Hall–Kier alpha value is -1.16. The molecule has 0 fully saturated rings. The molecule has 0 aliphatic rings. The maximum atomic E-state index is 12.3. The predicted octanol–water partition coefficient (Wildman–Crippen LogP) is 6.33. The summed E-state index contributed by atoms with van der Waals surface area (Å²) in [5.74, 6) is 0.412. The molecule has 0 heterocycles. The summed E-state index contributed by atoms with van der Waals surface area (Å²) in [6, 6.07) is 11.7. The van der Waals surface area contributed by atoms with Gasteiger partial charge in [0, 0.05) is 0 Å². The monoisotopic (exact) mass is 530 g/mol. The van der Waals surface area contributed by atoms with Crippen molar-refractivity contribution in [3.8, 4) is 11.5 Å². The molecule has 0 bridgehead atoms. The van der Waals surface area contributed by atoms with Crippen LogP contribution in [-0.2, 0) is 21.7 Å². The van der Waals surface area contributed by atoms with Crippen LogP contribution in [0.2, 0.25) is 0 Å². The van der Waals surface area contributed by atoms with Crippen LogP contribution in [0, 0.1) is 0 Å². The van der Waals surface area contributed by atoms with Crippen LogP contribution >= 0.6 is 0 Å². The van der Waals surface area contributed by atoms with Gasteiger partial charge in [-0.05, 0) is 21.7 Å². The Morgan fingerprint density at radius 2 is 0.581 bits per heavy atom. The molecular weight excluding hydrogens is 487 g/mol. The molecule has 0 aromatic heterocycles. The molecule has 2 aromatic carbocycles. The van der Waals surface area contributed by atoms with Gasteiger partial charge in [0.2, 0.25) is 0 Å². The normalized spacial score (nSPS) is 12.5. The molecule has 0 spiro atoms. The maximum absolute atomic E-state index is 12.3. The molecule has 0 amide bonds. The zero-order chi connectivity index (χ0) is 23.7. The number of hydrogen-bond acceptors (Lipinski definition) is 2. The summed E-state index contributed by atoms with van der Waals surface area (Å²) in [6.07, 6.45) is 0. The summed E-state index contributed by atoms with van der Waals surface area (Å²) in [6.45, 7) is 25.0. The van der Waals surface area contributed by atoms with Crippen molar-refractivity contribution in [3.63, 3.8) is 0 Å². The Morgan fingerprint density at radius 3 is 0.710 bits per heavy atom. The van der Waals surface area contributed by atoms with E-state index >= 15 is 0 Å². The van der Waals surface area contributed by atoms with E-state index < -0.39 is 0 Å². The zero-order valence-electron chi connectivity index (χ0n) is 21.8. The van der Waals surface area contributed by atoms with Gasteiger partial charge in [-0.2, -0.15) is 0 Å². The summed E-state index contributed by atoms with van der Waals surface area (Å²) in [5, 5.41) is 24.5. The molecule has 0 atom stereocenters. The standard InChI is InChI=1S/2C14H22O.Sn/c2*1-13(2,3)10-8-7-9-11(12(10)15)14(4,5)6;/h2*7-9,15H,1-6H3;/q;;+2/p-2. The van der Waals surface area contributed by atoms with Crippen LogP contribution in [0.4, 0.5) is 0 Å². The third-order valence-corrected chi connectivity index (χ3v) is 5.26. The van der Waals surface area contributed by atoms with Gasteiger partial charge in [-0.15, -0.1) is 11.5 Å². The summed E-state index contributed by atoms with van der Waals surface area (Å²) in [4.78, 5) is 0. The van der Waals surface area contributed by atoms with Crippen LogP contribution in [0.15, 0.2) is 36.4 Å². The molecule has 0 unspecified atom stereocenters. The fraction of sp³-hybridized carbons (Fsp3) is 0.571. The molecular formula is C28H42O2Sn. The van der Waals surface area contributed by atoms with Gasteiger partial charge in [0.1, 0.15) is 0 Å². The Labute approximate surface area is 208 Å². The molecule has 31 heavy (non-hydrogen) atoms. The van der Waals surface area contributed by atoms with Crippen molar-refractivity contribution < 1.29 is 10.2 Å². The fourth-order valence-corrected chi connectivity index (χ4v) is 3.44. The summed E-state index contributed by atoms with van der Waals surface area (Å²) >= 11 is 0. The van der Waals surface area contributed by atoms with E-state index in [9.17, 15) is 10.2 Å². The first-order chi connectivity index (χ1) is 13.3. The van der Waals surface area contributed by atoms with Gasteiger partial charge < -0.3 is 10.2 Å². The maximum Gasteiger partial charge on any atom is 2.00 e. The van der Waals surface area contributed by atoms with Crippen molar-refractivity contribution >= 4 is 23.9 Å². The van der Waals surface area contributed by atoms with Gasteiger partial charge in [-0.3, -0.25) is 0 Å². The van der Waals surface area contributed by atoms with Crippen molar-refractivity contribution in [3.05, 3.63) is 58.7 Å². The smallest absolute Gasteiger partial charge is 0.872 e. The summed E-state index contributed by atoms with van der Waals surface area (Å²) in [7, 11) is 0. The molecule has 0 aliphatic heterocycles. The van der Waals surface area contributed by atoms with Crippen LogP contribution in [-0.4, -0.2) is 23.9 Å². The Balaban J connectivity index is 0.000000562. The topological polar surface area (TPSA) is 46.1 Å². The second kappa shape index (κ2) is 10.2. The largest absolute Gasteiger partial charge is 2.00 e. The van der Waals surface area contributed by atoms with Gasteiger partial charge in [0.15, 0.2) is 0 Å². The van der Waals surface area contributed by atoms with Crippen molar-refractivity contribution in [2.24, 2.45) is 0 Å². The first-order valence-corrected chi connectivity index (χ1v) is 10.9. The molecule has 3 heteroatoms. The van der Waals surface area contributed by atoms with Crippen molar-refractivity contribution in [1.82, 2.24) is 0 Å². The van der Waals surface area contributed by atoms with Crippen LogP contribution in [0.3, 0.4) is 0 Å². The van der Waals surface area contributed by atoms with Crippen molar-refractivity contribution in [2.45, 2.75) is 105 Å². The Kier molecular flexibility index (Phi) is 9.81. The van der Waals surface area contributed by atoms with Crippen LogP contribution in [0.5, 0.6) is 11.5 Å². The van der Waals surface area contributed by atoms with Gasteiger partial charge in [0.05, 0.1) is 0 Å². The van der Waals surface area contributed by atoms with Crippen LogP contribution in [0.25, 0.3) is 0 Å². The van der Waals surface area contributed by atoms with E-state index in [1.165, 1.54) is 0 Å². The van der Waals surface area contributed by atoms with E-state index in [4.69, 9.17) is 0 Å². The molecule has 2 nitrogen and oxygen atoms in total. The molecule has 0 saturated carbocycles. The van der Waals surface area contributed by atoms with Gasteiger partial charge in [-0.25, -0.2) is 0 Å². The van der Waals surface area contributed by atoms with E-state index in [-0.39, 0.29) is 57.1 Å². The SMILES string of the molecule is CC(C)(C)c1cccc(C(C)(C)C)c1[O-].CC(C)(C)c1cccc(C(C)(C)C)c1[O-].[Sn+2]. The minimum Gasteiger partial charge on any atom is -0.872 e. The molecule has 2 radical (unpaired) electrons. The quantitative estimate of drug-likeness (QED) is 0.375. The minimum absolute atomic E-state index is 0. The minimum atomic E-state index is -0.0711. The molecule has 2 rings (SSSR count). The van der Waals surface area contributed by atoms with E-state index in [0.717, 1.165) is 22.3 Å². The third kappa shape index (κ3) is 8.04. The van der Waals surface area contributed by atoms with E-state index in [1.54, 1.807) is 0 Å². The molecule has 0 N–H and O–H groups in total. The Morgan fingerprint density at radius 1 is 0.419 bits per heavy atom. The second-order valence-corrected chi connectivity index (χ2v) is 12.4. The van der Waals surface area contributed by atoms with Crippen LogP contribution in [0.1, 0.15) is 105 Å². The first kappa shape index (κ1) is 29.8. The van der Waals surface area contributed by atoms with Crippen LogP contribution < -0.4 is 10.2 Å². The molecule has 170 valence electrons. The number of hydrogen-bond donors (Lipinski definition) is 0. The third-order valence-electron chi connectivity index (χ3n) is 5.26. The molecule has 0 aliphatic carbocycles. The molecule has 0 saturated heterocycles. The first-order valence-electron chi connectivity index (χ1n) is 10.9. The number of para-hydroxylation sites is 2. The zero-order valence-corrected chi connectivity index (χ0v) is 24.6. The molecule has 2 aromatic rings. The van der Waals surface area contributed by atoms with E-state index in [2.05, 4.69) is 83.1 Å². The second-order valence-electron chi connectivity index (χ2n) is 12.4. The Bertz CT molecular complexity index is 717.